The molecular weight excluding hydrogens is 455 g/mol. The van der Waals surface area contributed by atoms with Gasteiger partial charge in [0.25, 0.3) is 11.8 Å². The van der Waals surface area contributed by atoms with Gasteiger partial charge in [-0.2, -0.15) is 0 Å². The zero-order chi connectivity index (χ0) is 23.1. The molecule has 31 heavy (non-hydrogen) atoms. The maximum Gasteiger partial charge on any atom is 0.252 e. The molecule has 3 aromatic rings. The molecule has 0 aliphatic heterocycles. The quantitative estimate of drug-likeness (QED) is 0.434. The zero-order valence-electron chi connectivity index (χ0n) is 17.8. The van der Waals surface area contributed by atoms with Crippen LogP contribution in [0.1, 0.15) is 48.4 Å². The highest BCUT2D eigenvalue weighted by Gasteiger charge is 2.11. The molecule has 0 atom stereocenters. The van der Waals surface area contributed by atoms with E-state index in [1.807, 2.05) is 64.1 Å². The summed E-state index contributed by atoms with van der Waals surface area (Å²) in [7, 11) is 0. The van der Waals surface area contributed by atoms with Gasteiger partial charge < -0.3 is 10.6 Å². The monoisotopic (exact) mass is 478 g/mol. The highest BCUT2D eigenvalue weighted by Crippen LogP contribution is 2.23. The van der Waals surface area contributed by atoms with Crippen molar-refractivity contribution in [1.82, 2.24) is 10.6 Å². The number of amides is 2. The van der Waals surface area contributed by atoms with Crippen LogP contribution >= 0.6 is 34.8 Å². The fourth-order valence-corrected chi connectivity index (χ4v) is 3.24. The van der Waals surface area contributed by atoms with E-state index in [1.54, 1.807) is 18.2 Å². The molecule has 164 valence electrons. The average molecular weight is 480 g/mol. The number of halogens is 3. The number of benzene rings is 3. The van der Waals surface area contributed by atoms with Crippen molar-refractivity contribution < 1.29 is 9.59 Å². The number of hydrogen-bond acceptors (Lipinski definition) is 2. The summed E-state index contributed by atoms with van der Waals surface area (Å²) in [5, 5.41) is 9.04. The van der Waals surface area contributed by atoms with Crippen LogP contribution in [0.5, 0.6) is 0 Å². The summed E-state index contributed by atoms with van der Waals surface area (Å²) in [6, 6.07) is 16.3. The third-order valence-electron chi connectivity index (χ3n) is 4.11. The van der Waals surface area contributed by atoms with Crippen LogP contribution in [0.25, 0.3) is 10.8 Å². The molecular formula is C24H25Cl3N2O2. The van der Waals surface area contributed by atoms with E-state index in [4.69, 9.17) is 34.8 Å². The summed E-state index contributed by atoms with van der Waals surface area (Å²) in [5.74, 6) is -0.202. The molecule has 0 spiro atoms. The van der Waals surface area contributed by atoms with E-state index < -0.39 is 0 Å². The number of nitrogens with one attached hydrogen (secondary N) is 2. The van der Waals surface area contributed by atoms with E-state index in [2.05, 4.69) is 10.6 Å². The normalized spacial score (nSPS) is 10.6. The van der Waals surface area contributed by atoms with Crippen LogP contribution in [-0.4, -0.2) is 23.9 Å². The Bertz CT molecular complexity index is 1080. The molecule has 0 saturated carbocycles. The van der Waals surface area contributed by atoms with Crippen LogP contribution in [0.2, 0.25) is 15.1 Å². The number of fused-ring (bicyclic) bond motifs is 1. The van der Waals surface area contributed by atoms with Gasteiger partial charge in [-0.05, 0) is 74.9 Å². The predicted octanol–water partition coefficient (Wildman–Crippen LogP) is 6.76. The summed E-state index contributed by atoms with van der Waals surface area (Å²) in [4.78, 5) is 23.5. The molecule has 0 unspecified atom stereocenters. The van der Waals surface area contributed by atoms with Gasteiger partial charge in [0.15, 0.2) is 0 Å². The van der Waals surface area contributed by atoms with E-state index in [1.165, 1.54) is 0 Å². The van der Waals surface area contributed by atoms with E-state index in [0.717, 1.165) is 10.8 Å². The van der Waals surface area contributed by atoms with Gasteiger partial charge in [-0.25, -0.2) is 0 Å². The number of hydrogen-bond donors (Lipinski definition) is 2. The van der Waals surface area contributed by atoms with Crippen LogP contribution in [0, 0.1) is 0 Å². The molecule has 0 aliphatic rings. The summed E-state index contributed by atoms with van der Waals surface area (Å²) in [6.07, 6.45) is 0. The zero-order valence-corrected chi connectivity index (χ0v) is 20.1. The molecule has 3 rings (SSSR count). The minimum atomic E-state index is -0.140. The largest absolute Gasteiger partial charge is 0.350 e. The molecule has 4 nitrogen and oxygen atoms in total. The Morgan fingerprint density at radius 2 is 1.39 bits per heavy atom. The van der Waals surface area contributed by atoms with Crippen LogP contribution in [-0.2, 0) is 0 Å². The van der Waals surface area contributed by atoms with Crippen LogP contribution in [0.4, 0.5) is 0 Å². The average Bonchev–Trinajstić information content (AvgIpc) is 2.69. The first kappa shape index (κ1) is 25.0. The van der Waals surface area contributed by atoms with Gasteiger partial charge in [-0.1, -0.05) is 53.0 Å². The molecule has 7 heteroatoms. The van der Waals surface area contributed by atoms with E-state index in [-0.39, 0.29) is 23.9 Å². The molecule has 3 aromatic carbocycles. The maximum absolute atomic E-state index is 12.0. The highest BCUT2D eigenvalue weighted by molar-refractivity contribution is 6.42. The molecule has 0 bridgehead atoms. The first-order valence-corrected chi connectivity index (χ1v) is 11.0. The van der Waals surface area contributed by atoms with Gasteiger partial charge in [0, 0.05) is 28.2 Å². The van der Waals surface area contributed by atoms with Crippen molar-refractivity contribution in [2.24, 2.45) is 0 Å². The van der Waals surface area contributed by atoms with Crippen molar-refractivity contribution in [3.8, 4) is 0 Å². The van der Waals surface area contributed by atoms with Crippen molar-refractivity contribution in [2.45, 2.75) is 39.8 Å². The van der Waals surface area contributed by atoms with Crippen LogP contribution in [0.15, 0.2) is 54.6 Å². The van der Waals surface area contributed by atoms with Gasteiger partial charge in [-0.15, -0.1) is 0 Å². The molecule has 0 aromatic heterocycles. The lowest BCUT2D eigenvalue weighted by Crippen LogP contribution is -2.30. The second kappa shape index (κ2) is 11.4. The van der Waals surface area contributed by atoms with E-state index >= 15 is 0 Å². The molecule has 0 saturated heterocycles. The second-order valence-electron chi connectivity index (χ2n) is 7.56. The highest BCUT2D eigenvalue weighted by atomic mass is 35.5. The van der Waals surface area contributed by atoms with Crippen LogP contribution < -0.4 is 10.6 Å². The first-order chi connectivity index (χ1) is 14.6. The summed E-state index contributed by atoms with van der Waals surface area (Å²) >= 11 is 17.5. The van der Waals surface area contributed by atoms with E-state index in [0.29, 0.717) is 26.2 Å². The Morgan fingerprint density at radius 3 is 2.00 bits per heavy atom. The van der Waals surface area contributed by atoms with Crippen molar-refractivity contribution >= 4 is 57.4 Å². The van der Waals surface area contributed by atoms with Crippen molar-refractivity contribution in [3.63, 3.8) is 0 Å². The fourth-order valence-electron chi connectivity index (χ4n) is 2.77. The van der Waals surface area contributed by atoms with Crippen molar-refractivity contribution in [3.05, 3.63) is 80.8 Å². The van der Waals surface area contributed by atoms with E-state index in [9.17, 15) is 9.59 Å². The fraction of sp³-hybridized carbons (Fsp3) is 0.250. The number of carbonyl (C=O) groups is 2. The molecule has 0 radical (unpaired) electrons. The first-order valence-electron chi connectivity index (χ1n) is 9.83. The van der Waals surface area contributed by atoms with Gasteiger partial charge in [0.2, 0.25) is 0 Å². The van der Waals surface area contributed by atoms with Gasteiger partial charge >= 0.3 is 0 Å². The van der Waals surface area contributed by atoms with Crippen molar-refractivity contribution in [1.29, 1.82) is 0 Å². The van der Waals surface area contributed by atoms with Crippen molar-refractivity contribution in [2.75, 3.05) is 0 Å². The SMILES string of the molecule is CC(C)NC(=O)c1ccc(Cl)c(Cl)c1.CC(C)NC(=O)c1cccc2ccc(Cl)cc12. The lowest BCUT2D eigenvalue weighted by atomic mass is 10.0. The lowest BCUT2D eigenvalue weighted by Gasteiger charge is -2.10. The Labute approximate surface area is 197 Å². The maximum atomic E-state index is 12.0. The molecule has 2 amide bonds. The number of rotatable bonds is 4. The Kier molecular flexibility index (Phi) is 9.17. The smallest absolute Gasteiger partial charge is 0.252 e. The van der Waals surface area contributed by atoms with Gasteiger partial charge in [0.05, 0.1) is 10.0 Å². The predicted molar refractivity (Wildman–Crippen MR) is 131 cm³/mol. The lowest BCUT2D eigenvalue weighted by molar-refractivity contribution is 0.0935. The molecule has 0 heterocycles. The molecule has 2 N–H and O–H groups in total. The minimum absolute atomic E-state index is 0.0622. The molecule has 0 aliphatic carbocycles. The minimum Gasteiger partial charge on any atom is -0.350 e. The molecule has 0 fully saturated rings. The Morgan fingerprint density at radius 1 is 0.742 bits per heavy atom. The standard InChI is InChI=1S/C14H14ClNO.C10H11Cl2NO/c1-9(2)16-14(17)12-5-3-4-10-6-7-11(15)8-13(10)12;1-6(2)13-10(14)7-3-4-8(11)9(12)5-7/h3-9H,1-2H3,(H,16,17);3-6H,1-2H3,(H,13,14). The summed E-state index contributed by atoms with van der Waals surface area (Å²) < 4.78 is 0. The summed E-state index contributed by atoms with van der Waals surface area (Å²) in [5.41, 5.74) is 1.19. The van der Waals surface area contributed by atoms with Crippen LogP contribution in [0.3, 0.4) is 0 Å². The van der Waals surface area contributed by atoms with Gasteiger partial charge in [0.1, 0.15) is 0 Å². The van der Waals surface area contributed by atoms with Gasteiger partial charge in [-0.3, -0.25) is 9.59 Å². The second-order valence-corrected chi connectivity index (χ2v) is 8.81. The third kappa shape index (κ3) is 7.42. The Balaban J connectivity index is 0.000000225. The third-order valence-corrected chi connectivity index (χ3v) is 5.08. The Hall–Kier alpha value is -2.27. The summed E-state index contributed by atoms with van der Waals surface area (Å²) in [6.45, 7) is 7.68. The number of carbonyl (C=O) groups excluding carboxylic acids is 2. The topological polar surface area (TPSA) is 58.2 Å².